The molecule has 0 bridgehead atoms. The lowest BCUT2D eigenvalue weighted by Crippen LogP contribution is -2.17. The molecule has 1 N–H and O–H groups in total. The molecule has 0 spiro atoms. The molecule has 0 aromatic heterocycles. The fourth-order valence-electron chi connectivity index (χ4n) is 1.32. The maximum atomic E-state index is 11.2. The maximum Gasteiger partial charge on any atom is 0.308 e. The summed E-state index contributed by atoms with van der Waals surface area (Å²) in [6.07, 6.45) is 4.24. The Hall–Kier alpha value is -0.610. The lowest BCUT2D eigenvalue weighted by molar-refractivity contribution is -0.146. The van der Waals surface area contributed by atoms with Crippen molar-refractivity contribution in [3.63, 3.8) is 0 Å². The maximum absolute atomic E-state index is 11.2. The Morgan fingerprint density at radius 2 is 2.00 bits per heavy atom. The summed E-state index contributed by atoms with van der Waals surface area (Å²) in [4.78, 5) is 11.2. The van der Waals surface area contributed by atoms with Crippen molar-refractivity contribution in [3.8, 4) is 0 Å². The van der Waals surface area contributed by atoms with E-state index in [1.165, 1.54) is 12.8 Å². The Morgan fingerprint density at radius 1 is 1.25 bits per heavy atom. The zero-order valence-corrected chi connectivity index (χ0v) is 10.4. The molecular weight excluding hydrogens is 208 g/mol. The highest BCUT2D eigenvalue weighted by Crippen LogP contribution is 2.03. The number of rotatable bonds is 10. The van der Waals surface area contributed by atoms with Gasteiger partial charge in [-0.2, -0.15) is 0 Å². The highest BCUT2D eigenvalue weighted by Gasteiger charge is 2.11. The van der Waals surface area contributed by atoms with Gasteiger partial charge in [0.2, 0.25) is 0 Å². The van der Waals surface area contributed by atoms with Gasteiger partial charge in [-0.05, 0) is 12.8 Å². The molecule has 0 aromatic carbocycles. The number of ether oxygens (including phenoxy) is 2. The second-order valence-electron chi connectivity index (χ2n) is 3.92. The van der Waals surface area contributed by atoms with Crippen LogP contribution < -0.4 is 0 Å². The van der Waals surface area contributed by atoms with Gasteiger partial charge in [-0.3, -0.25) is 4.79 Å². The molecule has 0 rings (SSSR count). The molecule has 4 nitrogen and oxygen atoms in total. The summed E-state index contributed by atoms with van der Waals surface area (Å²) < 4.78 is 9.81. The molecule has 96 valence electrons. The van der Waals surface area contributed by atoms with Crippen LogP contribution in [-0.4, -0.2) is 37.5 Å². The normalized spacial score (nSPS) is 12.4. The van der Waals surface area contributed by atoms with Crippen molar-refractivity contribution in [1.29, 1.82) is 0 Å². The Bertz CT molecular complexity index is 170. The van der Waals surface area contributed by atoms with Gasteiger partial charge in [-0.15, -0.1) is 0 Å². The lowest BCUT2D eigenvalue weighted by Gasteiger charge is -2.09. The van der Waals surface area contributed by atoms with Crippen molar-refractivity contribution in [1.82, 2.24) is 0 Å². The Labute approximate surface area is 97.9 Å². The minimum absolute atomic E-state index is 0.0666. The summed E-state index contributed by atoms with van der Waals surface area (Å²) in [6.45, 7) is 3.07. The van der Waals surface area contributed by atoms with Crippen LogP contribution in [-0.2, 0) is 14.3 Å². The van der Waals surface area contributed by atoms with Gasteiger partial charge in [0.15, 0.2) is 0 Å². The third-order valence-corrected chi connectivity index (χ3v) is 2.32. The van der Waals surface area contributed by atoms with E-state index in [4.69, 9.17) is 9.47 Å². The smallest absolute Gasteiger partial charge is 0.308 e. The van der Waals surface area contributed by atoms with Gasteiger partial charge in [0.1, 0.15) is 0 Å². The SMILES string of the molecule is CCCCCCOC(=O)C[C@@H](O)CCOC. The standard InChI is InChI=1S/C12H24O4/c1-3-4-5-6-8-16-12(14)10-11(13)7-9-15-2/h11,13H,3-10H2,1-2H3/t11-/m0/s1. The van der Waals surface area contributed by atoms with Crippen molar-refractivity contribution >= 4 is 5.97 Å². The number of unbranched alkanes of at least 4 members (excludes halogenated alkanes) is 3. The number of carbonyl (C=O) groups excluding carboxylic acids is 1. The van der Waals surface area contributed by atoms with Gasteiger partial charge in [-0.25, -0.2) is 0 Å². The van der Waals surface area contributed by atoms with E-state index in [1.807, 2.05) is 0 Å². The number of methoxy groups -OCH3 is 1. The first-order chi connectivity index (χ1) is 7.70. The van der Waals surface area contributed by atoms with E-state index in [9.17, 15) is 9.90 Å². The van der Waals surface area contributed by atoms with Gasteiger partial charge < -0.3 is 14.6 Å². The van der Waals surface area contributed by atoms with Crippen molar-refractivity contribution in [2.75, 3.05) is 20.3 Å². The van der Waals surface area contributed by atoms with E-state index in [0.29, 0.717) is 19.6 Å². The van der Waals surface area contributed by atoms with Gasteiger partial charge in [-0.1, -0.05) is 26.2 Å². The van der Waals surface area contributed by atoms with Crippen LogP contribution in [0.4, 0.5) is 0 Å². The van der Waals surface area contributed by atoms with Gasteiger partial charge >= 0.3 is 5.97 Å². The zero-order valence-electron chi connectivity index (χ0n) is 10.4. The molecule has 1 atom stereocenters. The molecule has 0 aliphatic rings. The van der Waals surface area contributed by atoms with Crippen LogP contribution in [0.3, 0.4) is 0 Å². The Morgan fingerprint density at radius 3 is 2.62 bits per heavy atom. The Balaban J connectivity index is 3.36. The van der Waals surface area contributed by atoms with Crippen LogP contribution in [0.1, 0.15) is 45.4 Å². The van der Waals surface area contributed by atoms with Crippen LogP contribution in [0.15, 0.2) is 0 Å². The number of carbonyl (C=O) groups is 1. The van der Waals surface area contributed by atoms with Gasteiger partial charge in [0, 0.05) is 13.7 Å². The molecule has 0 aromatic rings. The first-order valence-electron chi connectivity index (χ1n) is 6.03. The lowest BCUT2D eigenvalue weighted by atomic mass is 10.2. The molecule has 0 fully saturated rings. The van der Waals surface area contributed by atoms with E-state index in [-0.39, 0.29) is 12.4 Å². The Kier molecular flexibility index (Phi) is 10.5. The van der Waals surface area contributed by atoms with Crippen LogP contribution in [0.2, 0.25) is 0 Å². The largest absolute Gasteiger partial charge is 0.466 e. The van der Waals surface area contributed by atoms with Crippen molar-refractivity contribution in [2.45, 2.75) is 51.6 Å². The molecule has 0 aliphatic heterocycles. The average molecular weight is 232 g/mol. The number of aliphatic hydroxyl groups is 1. The molecule has 0 heterocycles. The van der Waals surface area contributed by atoms with E-state index < -0.39 is 6.10 Å². The zero-order chi connectivity index (χ0) is 12.2. The minimum Gasteiger partial charge on any atom is -0.466 e. The predicted octanol–water partition coefficient (Wildman–Crippen LogP) is 1.90. The summed E-state index contributed by atoms with van der Waals surface area (Å²) >= 11 is 0. The van der Waals surface area contributed by atoms with Crippen molar-refractivity contribution in [3.05, 3.63) is 0 Å². The molecule has 16 heavy (non-hydrogen) atoms. The summed E-state index contributed by atoms with van der Waals surface area (Å²) in [5.41, 5.74) is 0. The second kappa shape index (κ2) is 10.9. The summed E-state index contributed by atoms with van der Waals surface area (Å²) in [5, 5.41) is 9.41. The molecule has 0 unspecified atom stereocenters. The van der Waals surface area contributed by atoms with Crippen molar-refractivity contribution in [2.24, 2.45) is 0 Å². The minimum atomic E-state index is -0.650. The number of hydrogen-bond donors (Lipinski definition) is 1. The van der Waals surface area contributed by atoms with Crippen LogP contribution in [0, 0.1) is 0 Å². The topological polar surface area (TPSA) is 55.8 Å². The molecule has 0 aliphatic carbocycles. The van der Waals surface area contributed by atoms with Crippen molar-refractivity contribution < 1.29 is 19.4 Å². The third kappa shape index (κ3) is 9.93. The first-order valence-corrected chi connectivity index (χ1v) is 6.03. The predicted molar refractivity (Wildman–Crippen MR) is 62.2 cm³/mol. The number of aliphatic hydroxyl groups excluding tert-OH is 1. The van der Waals surface area contributed by atoms with Crippen LogP contribution >= 0.6 is 0 Å². The fourth-order valence-corrected chi connectivity index (χ4v) is 1.32. The average Bonchev–Trinajstić information content (AvgIpc) is 2.26. The van der Waals surface area contributed by atoms with E-state index >= 15 is 0 Å². The summed E-state index contributed by atoms with van der Waals surface area (Å²) in [6, 6.07) is 0. The van der Waals surface area contributed by atoms with E-state index in [0.717, 1.165) is 12.8 Å². The van der Waals surface area contributed by atoms with Crippen LogP contribution in [0.5, 0.6) is 0 Å². The molecular formula is C12H24O4. The van der Waals surface area contributed by atoms with Crippen LogP contribution in [0.25, 0.3) is 0 Å². The second-order valence-corrected chi connectivity index (χ2v) is 3.92. The summed E-state index contributed by atoms with van der Waals surface area (Å²) in [5.74, 6) is -0.319. The molecule has 4 heteroatoms. The number of hydrogen-bond acceptors (Lipinski definition) is 4. The summed E-state index contributed by atoms with van der Waals surface area (Å²) in [7, 11) is 1.57. The highest BCUT2D eigenvalue weighted by molar-refractivity contribution is 5.69. The molecule has 0 saturated carbocycles. The monoisotopic (exact) mass is 232 g/mol. The first kappa shape index (κ1) is 15.4. The third-order valence-electron chi connectivity index (χ3n) is 2.32. The molecule has 0 radical (unpaired) electrons. The van der Waals surface area contributed by atoms with Gasteiger partial charge in [0.05, 0.1) is 19.1 Å². The molecule has 0 saturated heterocycles. The quantitative estimate of drug-likeness (QED) is 0.461. The fraction of sp³-hybridized carbons (Fsp3) is 0.917. The van der Waals surface area contributed by atoms with E-state index in [1.54, 1.807) is 7.11 Å². The highest BCUT2D eigenvalue weighted by atomic mass is 16.5. The number of esters is 1. The van der Waals surface area contributed by atoms with Gasteiger partial charge in [0.25, 0.3) is 0 Å². The van der Waals surface area contributed by atoms with E-state index in [2.05, 4.69) is 6.92 Å². The molecule has 0 amide bonds.